The first-order valence-corrected chi connectivity index (χ1v) is 7.18. The summed E-state index contributed by atoms with van der Waals surface area (Å²) in [6, 6.07) is 5.12. The molecule has 0 spiro atoms. The van der Waals surface area contributed by atoms with Crippen molar-refractivity contribution in [1.82, 2.24) is 9.80 Å². The predicted octanol–water partition coefficient (Wildman–Crippen LogP) is 1.50. The summed E-state index contributed by atoms with van der Waals surface area (Å²) in [5.41, 5.74) is 6.87. The molecular weight excluding hydrogens is 276 g/mol. The van der Waals surface area contributed by atoms with Crippen molar-refractivity contribution >= 4 is 28.9 Å². The van der Waals surface area contributed by atoms with Crippen LogP contribution in [0.2, 0.25) is 5.02 Å². The number of hydrogen-bond acceptors (Lipinski definition) is 4. The van der Waals surface area contributed by atoms with Gasteiger partial charge in [-0.2, -0.15) is 0 Å². The van der Waals surface area contributed by atoms with E-state index in [0.717, 1.165) is 32.7 Å². The highest BCUT2D eigenvalue weighted by Gasteiger charge is 2.14. The number of halogens is 1. The van der Waals surface area contributed by atoms with Crippen molar-refractivity contribution in [1.29, 1.82) is 0 Å². The lowest BCUT2D eigenvalue weighted by molar-refractivity contribution is -0.116. The third-order valence-electron chi connectivity index (χ3n) is 3.53. The van der Waals surface area contributed by atoms with Crippen molar-refractivity contribution in [2.24, 2.45) is 0 Å². The number of hydrogen-bond donors (Lipinski definition) is 2. The minimum Gasteiger partial charge on any atom is -0.397 e. The van der Waals surface area contributed by atoms with E-state index >= 15 is 0 Å². The number of nitrogens with zero attached hydrogens (tertiary/aromatic N) is 2. The van der Waals surface area contributed by atoms with Crippen LogP contribution in [0, 0.1) is 0 Å². The number of anilines is 2. The molecule has 3 N–H and O–H groups in total. The maximum absolute atomic E-state index is 11.9. The predicted molar refractivity (Wildman–Crippen MR) is 83.0 cm³/mol. The fraction of sp³-hybridized carbons (Fsp3) is 0.500. The first-order valence-electron chi connectivity index (χ1n) is 6.80. The summed E-state index contributed by atoms with van der Waals surface area (Å²) in [7, 11) is 2.12. The second-order valence-electron chi connectivity index (χ2n) is 5.18. The van der Waals surface area contributed by atoms with Gasteiger partial charge in [0.05, 0.1) is 10.7 Å². The van der Waals surface area contributed by atoms with Crippen LogP contribution in [0.5, 0.6) is 0 Å². The average molecular weight is 297 g/mol. The van der Waals surface area contributed by atoms with Crippen LogP contribution in [0.25, 0.3) is 0 Å². The van der Waals surface area contributed by atoms with Crippen molar-refractivity contribution < 1.29 is 4.79 Å². The Morgan fingerprint density at radius 1 is 1.35 bits per heavy atom. The van der Waals surface area contributed by atoms with Gasteiger partial charge in [-0.25, -0.2) is 0 Å². The van der Waals surface area contributed by atoms with Crippen LogP contribution >= 0.6 is 11.6 Å². The molecule has 0 saturated carbocycles. The Balaban J connectivity index is 1.76. The van der Waals surface area contributed by atoms with Gasteiger partial charge in [0, 0.05) is 44.8 Å². The van der Waals surface area contributed by atoms with Gasteiger partial charge in [0.15, 0.2) is 0 Å². The Bertz CT molecular complexity index is 472. The van der Waals surface area contributed by atoms with Crippen LogP contribution in [0.3, 0.4) is 0 Å². The number of nitrogen functional groups attached to an aromatic ring is 1. The highest BCUT2D eigenvalue weighted by atomic mass is 35.5. The standard InChI is InChI=1S/C14H21ClN4O/c1-18-6-8-19(9-7-18)5-4-14(20)17-11-2-3-12(15)13(16)10-11/h2-3,10H,4-9,16H2,1H3,(H,17,20). The molecule has 6 heteroatoms. The molecule has 0 atom stereocenters. The van der Waals surface area contributed by atoms with Gasteiger partial charge in [-0.1, -0.05) is 11.6 Å². The summed E-state index contributed by atoms with van der Waals surface area (Å²) in [6.45, 7) is 4.97. The highest BCUT2D eigenvalue weighted by molar-refractivity contribution is 6.33. The molecule has 0 unspecified atom stereocenters. The van der Waals surface area contributed by atoms with Crippen LogP contribution in [0.15, 0.2) is 18.2 Å². The Hall–Kier alpha value is -1.30. The fourth-order valence-corrected chi connectivity index (χ4v) is 2.29. The first-order chi connectivity index (χ1) is 9.54. The monoisotopic (exact) mass is 296 g/mol. The number of carbonyl (C=O) groups excluding carboxylic acids is 1. The van der Waals surface area contributed by atoms with Gasteiger partial charge in [0.1, 0.15) is 0 Å². The minimum atomic E-state index is 0.00523. The smallest absolute Gasteiger partial charge is 0.225 e. The summed E-state index contributed by atoms with van der Waals surface area (Å²) >= 11 is 5.84. The van der Waals surface area contributed by atoms with E-state index in [1.54, 1.807) is 18.2 Å². The third-order valence-corrected chi connectivity index (χ3v) is 3.87. The lowest BCUT2D eigenvalue weighted by Crippen LogP contribution is -2.45. The molecule has 5 nitrogen and oxygen atoms in total. The van der Waals surface area contributed by atoms with E-state index in [0.29, 0.717) is 22.8 Å². The number of nitrogens with one attached hydrogen (secondary N) is 1. The lowest BCUT2D eigenvalue weighted by Gasteiger charge is -2.32. The van der Waals surface area contributed by atoms with Gasteiger partial charge in [0.25, 0.3) is 0 Å². The number of carbonyl (C=O) groups is 1. The molecule has 1 heterocycles. The van der Waals surface area contributed by atoms with Gasteiger partial charge in [-0.3, -0.25) is 4.79 Å². The molecule has 1 saturated heterocycles. The Labute approximate surface area is 124 Å². The molecule has 1 amide bonds. The van der Waals surface area contributed by atoms with Crippen LogP contribution in [-0.4, -0.2) is 55.5 Å². The Morgan fingerprint density at radius 3 is 2.70 bits per heavy atom. The fourth-order valence-electron chi connectivity index (χ4n) is 2.18. The van der Waals surface area contributed by atoms with Crippen LogP contribution in [0.1, 0.15) is 6.42 Å². The van der Waals surface area contributed by atoms with E-state index in [-0.39, 0.29) is 5.91 Å². The highest BCUT2D eigenvalue weighted by Crippen LogP contribution is 2.22. The second-order valence-corrected chi connectivity index (χ2v) is 5.59. The van der Waals surface area contributed by atoms with E-state index in [1.165, 1.54) is 0 Å². The molecule has 0 aliphatic carbocycles. The zero-order chi connectivity index (χ0) is 14.5. The van der Waals surface area contributed by atoms with E-state index in [1.807, 2.05) is 0 Å². The zero-order valence-corrected chi connectivity index (χ0v) is 12.5. The van der Waals surface area contributed by atoms with E-state index in [4.69, 9.17) is 17.3 Å². The van der Waals surface area contributed by atoms with Crippen molar-refractivity contribution in [3.8, 4) is 0 Å². The molecule has 20 heavy (non-hydrogen) atoms. The molecule has 1 aromatic rings. The lowest BCUT2D eigenvalue weighted by atomic mass is 10.2. The molecule has 110 valence electrons. The maximum Gasteiger partial charge on any atom is 0.225 e. The first kappa shape index (κ1) is 15.1. The normalized spacial score (nSPS) is 17.1. The largest absolute Gasteiger partial charge is 0.397 e. The molecule has 1 fully saturated rings. The molecule has 1 aliphatic rings. The van der Waals surface area contributed by atoms with Crippen LogP contribution in [-0.2, 0) is 4.79 Å². The Morgan fingerprint density at radius 2 is 2.05 bits per heavy atom. The summed E-state index contributed by atoms with van der Waals surface area (Å²) in [6.07, 6.45) is 0.492. The summed E-state index contributed by atoms with van der Waals surface area (Å²) in [5.74, 6) is 0.00523. The van der Waals surface area contributed by atoms with Gasteiger partial charge in [0.2, 0.25) is 5.91 Å². The topological polar surface area (TPSA) is 61.6 Å². The van der Waals surface area contributed by atoms with Crippen molar-refractivity contribution in [2.75, 3.05) is 50.8 Å². The summed E-state index contributed by atoms with van der Waals surface area (Å²) in [5, 5.41) is 3.34. The van der Waals surface area contributed by atoms with Gasteiger partial charge < -0.3 is 20.9 Å². The molecule has 1 aromatic carbocycles. The quantitative estimate of drug-likeness (QED) is 0.827. The number of piperazine rings is 1. The molecule has 0 aromatic heterocycles. The maximum atomic E-state index is 11.9. The molecular formula is C14H21ClN4O. The number of benzene rings is 1. The van der Waals surface area contributed by atoms with E-state index in [2.05, 4.69) is 22.2 Å². The molecule has 0 radical (unpaired) electrons. The van der Waals surface area contributed by atoms with Gasteiger partial charge in [-0.05, 0) is 25.2 Å². The molecule has 0 bridgehead atoms. The van der Waals surface area contributed by atoms with E-state index < -0.39 is 0 Å². The van der Waals surface area contributed by atoms with Crippen molar-refractivity contribution in [2.45, 2.75) is 6.42 Å². The van der Waals surface area contributed by atoms with Crippen molar-refractivity contribution in [3.63, 3.8) is 0 Å². The second kappa shape index (κ2) is 6.92. The zero-order valence-electron chi connectivity index (χ0n) is 11.7. The minimum absolute atomic E-state index is 0.00523. The van der Waals surface area contributed by atoms with Gasteiger partial charge in [-0.15, -0.1) is 0 Å². The number of amides is 1. The van der Waals surface area contributed by atoms with Crippen LogP contribution in [0.4, 0.5) is 11.4 Å². The molecule has 1 aliphatic heterocycles. The van der Waals surface area contributed by atoms with Gasteiger partial charge >= 0.3 is 0 Å². The SMILES string of the molecule is CN1CCN(CCC(=O)Nc2ccc(Cl)c(N)c2)CC1. The Kier molecular flexibility index (Phi) is 5.23. The number of nitrogens with two attached hydrogens (primary N) is 1. The number of rotatable bonds is 4. The van der Waals surface area contributed by atoms with E-state index in [9.17, 15) is 4.79 Å². The number of likely N-dealkylation sites (N-methyl/N-ethyl adjacent to an activating group) is 1. The average Bonchev–Trinajstić information content (AvgIpc) is 2.42. The third kappa shape index (κ3) is 4.37. The van der Waals surface area contributed by atoms with Crippen molar-refractivity contribution in [3.05, 3.63) is 23.2 Å². The van der Waals surface area contributed by atoms with Crippen LogP contribution < -0.4 is 11.1 Å². The molecule has 2 rings (SSSR count). The summed E-state index contributed by atoms with van der Waals surface area (Å²) in [4.78, 5) is 16.5. The summed E-state index contributed by atoms with van der Waals surface area (Å²) < 4.78 is 0.